The Morgan fingerprint density at radius 3 is 1.20 bits per heavy atom. The fourth-order valence-electron chi connectivity index (χ4n) is 6.52. The zero-order chi connectivity index (χ0) is 38.8. The van der Waals surface area contributed by atoms with Crippen LogP contribution in [0.2, 0.25) is 0 Å². The Kier molecular flexibility index (Phi) is 9.26. The summed E-state index contributed by atoms with van der Waals surface area (Å²) in [5, 5.41) is 30.2. The number of hydrazine groups is 4. The van der Waals surface area contributed by atoms with E-state index in [1.165, 1.54) is 24.3 Å². The highest BCUT2D eigenvalue weighted by Crippen LogP contribution is 2.42. The fourth-order valence-corrected chi connectivity index (χ4v) is 6.52. The number of hydrogen-bond donors (Lipinski definition) is 2. The molecule has 0 unspecified atom stereocenters. The molecule has 2 aliphatic rings. The summed E-state index contributed by atoms with van der Waals surface area (Å²) < 4.78 is 12.0. The SMILES string of the molecule is COc1cc(-c2ccc(N3C=C(c4ccccc4)NN3c3ccc([N+](=O)[O-])cc3)c(OC)c2)ccc1N1C=C(c2ccccc2)NN1c1ccc([N+](=O)[O-])cc1. The summed E-state index contributed by atoms with van der Waals surface area (Å²) in [6, 6.07) is 44.1. The number of nitro groups is 2. The lowest BCUT2D eigenvalue weighted by atomic mass is 10.0. The minimum atomic E-state index is -0.425. The summed E-state index contributed by atoms with van der Waals surface area (Å²) >= 11 is 0. The molecule has 8 rings (SSSR count). The number of nitro benzene ring substituents is 2. The van der Waals surface area contributed by atoms with Crippen LogP contribution in [0.5, 0.6) is 11.5 Å². The van der Waals surface area contributed by atoms with E-state index in [0.29, 0.717) is 22.9 Å². The van der Waals surface area contributed by atoms with E-state index in [1.807, 2.05) is 119 Å². The van der Waals surface area contributed by atoms with Gasteiger partial charge in [0, 0.05) is 35.4 Å². The molecular weight excluding hydrogens is 713 g/mol. The van der Waals surface area contributed by atoms with Gasteiger partial charge in [-0.05, 0) is 59.7 Å². The van der Waals surface area contributed by atoms with Gasteiger partial charge in [0.2, 0.25) is 0 Å². The zero-order valence-electron chi connectivity index (χ0n) is 30.1. The van der Waals surface area contributed by atoms with Gasteiger partial charge in [0.1, 0.15) is 22.9 Å². The standard InChI is InChI=1S/C42H34N8O6/c1-55-41-25-31(13-23-39(41)45-27-37(29-9-5-3-6-10-29)43-47(45)33-15-19-35(20-16-33)49(51)52)32-14-24-40(42(26-32)56-2)46-28-38(30-11-7-4-8-12-30)44-48(46)34-17-21-36(22-18-34)50(53)54/h3-28,43-44H,1-2H3. The predicted molar refractivity (Wildman–Crippen MR) is 216 cm³/mol. The van der Waals surface area contributed by atoms with Gasteiger partial charge < -0.3 is 9.47 Å². The molecule has 14 heteroatoms. The Hall–Kier alpha value is -8.00. The molecule has 0 bridgehead atoms. The number of hydrogen-bond acceptors (Lipinski definition) is 12. The second-order valence-electron chi connectivity index (χ2n) is 12.7. The van der Waals surface area contributed by atoms with Gasteiger partial charge in [-0.2, -0.15) is 10.2 Å². The van der Waals surface area contributed by atoms with Gasteiger partial charge in [0.25, 0.3) is 11.4 Å². The van der Waals surface area contributed by atoms with Gasteiger partial charge in [0.15, 0.2) is 0 Å². The fraction of sp³-hybridized carbons (Fsp3) is 0.0476. The van der Waals surface area contributed by atoms with Gasteiger partial charge in [-0.15, -0.1) is 0 Å². The predicted octanol–water partition coefficient (Wildman–Crippen LogP) is 8.68. The summed E-state index contributed by atoms with van der Waals surface area (Å²) in [4.78, 5) is 21.9. The van der Waals surface area contributed by atoms with Crippen LogP contribution in [0.15, 0.2) is 158 Å². The zero-order valence-corrected chi connectivity index (χ0v) is 30.1. The third kappa shape index (κ3) is 6.69. The third-order valence-corrected chi connectivity index (χ3v) is 9.35. The average molecular weight is 747 g/mol. The molecule has 0 amide bonds. The van der Waals surface area contributed by atoms with Crippen LogP contribution in [0.3, 0.4) is 0 Å². The maximum Gasteiger partial charge on any atom is 0.269 e. The largest absolute Gasteiger partial charge is 0.494 e. The Labute approximate surface area is 321 Å². The average Bonchev–Trinajstić information content (AvgIpc) is 3.90. The van der Waals surface area contributed by atoms with Crippen molar-refractivity contribution in [3.63, 3.8) is 0 Å². The maximum atomic E-state index is 11.4. The van der Waals surface area contributed by atoms with Gasteiger partial charge in [-0.3, -0.25) is 31.1 Å². The molecule has 0 fully saturated rings. The molecule has 0 aromatic heterocycles. The molecular formula is C42H34N8O6. The van der Waals surface area contributed by atoms with Crippen LogP contribution in [0.1, 0.15) is 11.1 Å². The number of non-ortho nitro benzene ring substituents is 2. The van der Waals surface area contributed by atoms with Crippen LogP contribution in [-0.4, -0.2) is 24.1 Å². The number of anilines is 4. The van der Waals surface area contributed by atoms with E-state index in [2.05, 4.69) is 10.9 Å². The number of benzene rings is 6. The van der Waals surface area contributed by atoms with Gasteiger partial charge in [0.05, 0.1) is 59.2 Å². The van der Waals surface area contributed by atoms with Crippen molar-refractivity contribution >= 4 is 45.5 Å². The number of ether oxygens (including phenoxy) is 2. The Balaban J connectivity index is 1.14. The Morgan fingerprint density at radius 2 is 0.857 bits per heavy atom. The maximum absolute atomic E-state index is 11.4. The van der Waals surface area contributed by atoms with Crippen molar-refractivity contribution in [1.29, 1.82) is 0 Å². The highest BCUT2D eigenvalue weighted by molar-refractivity contribution is 5.83. The molecule has 0 saturated heterocycles. The van der Waals surface area contributed by atoms with Gasteiger partial charge >= 0.3 is 0 Å². The van der Waals surface area contributed by atoms with Crippen molar-refractivity contribution in [2.75, 3.05) is 34.5 Å². The lowest BCUT2D eigenvalue weighted by Gasteiger charge is -2.31. The van der Waals surface area contributed by atoms with Crippen LogP contribution in [0.4, 0.5) is 34.1 Å². The minimum absolute atomic E-state index is 0.00757. The molecule has 6 aromatic rings. The monoisotopic (exact) mass is 746 g/mol. The van der Waals surface area contributed by atoms with E-state index in [4.69, 9.17) is 9.47 Å². The number of nitrogens with zero attached hydrogens (tertiary/aromatic N) is 6. The lowest BCUT2D eigenvalue weighted by Crippen LogP contribution is -2.42. The van der Waals surface area contributed by atoms with Crippen molar-refractivity contribution in [2.45, 2.75) is 0 Å². The first-order chi connectivity index (χ1) is 27.3. The highest BCUT2D eigenvalue weighted by atomic mass is 16.6. The van der Waals surface area contributed by atoms with Crippen molar-refractivity contribution < 1.29 is 19.3 Å². The van der Waals surface area contributed by atoms with Crippen molar-refractivity contribution in [2.24, 2.45) is 0 Å². The second-order valence-corrected chi connectivity index (χ2v) is 12.7. The summed E-state index contributed by atoms with van der Waals surface area (Å²) in [5.74, 6) is 1.15. The first-order valence-corrected chi connectivity index (χ1v) is 17.4. The third-order valence-electron chi connectivity index (χ3n) is 9.35. The molecule has 0 spiro atoms. The number of methoxy groups -OCH3 is 2. The molecule has 0 radical (unpaired) electrons. The lowest BCUT2D eigenvalue weighted by molar-refractivity contribution is -0.385. The van der Waals surface area contributed by atoms with E-state index in [1.54, 1.807) is 48.7 Å². The number of nitrogens with one attached hydrogen (secondary N) is 2. The first-order valence-electron chi connectivity index (χ1n) is 17.4. The Morgan fingerprint density at radius 1 is 0.482 bits per heavy atom. The number of rotatable bonds is 11. The van der Waals surface area contributed by atoms with E-state index in [9.17, 15) is 20.2 Å². The van der Waals surface area contributed by atoms with Crippen LogP contribution in [0.25, 0.3) is 22.5 Å². The van der Waals surface area contributed by atoms with Gasteiger partial charge in [-0.1, -0.05) is 72.8 Å². The molecule has 6 aromatic carbocycles. The van der Waals surface area contributed by atoms with Crippen LogP contribution < -0.4 is 40.6 Å². The molecule has 14 nitrogen and oxygen atoms in total. The van der Waals surface area contributed by atoms with Gasteiger partial charge in [-0.25, -0.2) is 10.0 Å². The van der Waals surface area contributed by atoms with E-state index in [-0.39, 0.29) is 11.4 Å². The van der Waals surface area contributed by atoms with E-state index < -0.39 is 9.85 Å². The molecule has 2 N–H and O–H groups in total. The molecule has 0 atom stereocenters. The first kappa shape index (κ1) is 35.1. The van der Waals surface area contributed by atoms with Crippen LogP contribution in [-0.2, 0) is 0 Å². The van der Waals surface area contributed by atoms with Crippen LogP contribution >= 0.6 is 0 Å². The molecule has 2 aliphatic heterocycles. The van der Waals surface area contributed by atoms with E-state index in [0.717, 1.165) is 45.0 Å². The molecule has 278 valence electrons. The summed E-state index contributed by atoms with van der Waals surface area (Å²) in [5.41, 5.74) is 14.9. The topological polar surface area (TPSA) is 142 Å². The summed E-state index contributed by atoms with van der Waals surface area (Å²) in [7, 11) is 3.22. The second kappa shape index (κ2) is 14.8. The summed E-state index contributed by atoms with van der Waals surface area (Å²) in [6.45, 7) is 0. The van der Waals surface area contributed by atoms with Crippen molar-refractivity contribution in [3.05, 3.63) is 189 Å². The molecule has 0 aliphatic carbocycles. The molecule has 56 heavy (non-hydrogen) atoms. The van der Waals surface area contributed by atoms with Crippen molar-refractivity contribution in [3.8, 4) is 22.6 Å². The normalized spacial score (nSPS) is 13.5. The molecule has 0 saturated carbocycles. The van der Waals surface area contributed by atoms with E-state index >= 15 is 0 Å². The molecule has 2 heterocycles. The minimum Gasteiger partial charge on any atom is -0.494 e. The van der Waals surface area contributed by atoms with Crippen LogP contribution in [0, 0.1) is 20.2 Å². The van der Waals surface area contributed by atoms with Crippen molar-refractivity contribution in [1.82, 2.24) is 10.9 Å². The smallest absolute Gasteiger partial charge is 0.269 e. The quantitative estimate of drug-likeness (QED) is 0.0968. The highest BCUT2D eigenvalue weighted by Gasteiger charge is 2.29. The summed E-state index contributed by atoms with van der Waals surface area (Å²) in [6.07, 6.45) is 3.90. The Bertz CT molecular complexity index is 2300.